The van der Waals surface area contributed by atoms with Gasteiger partial charge in [0.05, 0.1) is 11.7 Å². The molecule has 2 unspecified atom stereocenters. The first kappa shape index (κ1) is 14.3. The molecular formula is C14H18F3NO. The predicted molar refractivity (Wildman–Crippen MR) is 66.5 cm³/mol. The van der Waals surface area contributed by atoms with Gasteiger partial charge in [0, 0.05) is 6.54 Å². The van der Waals surface area contributed by atoms with Crippen molar-refractivity contribution in [1.82, 2.24) is 5.32 Å². The smallest absolute Gasteiger partial charge is 0.393 e. The number of halogens is 3. The Morgan fingerprint density at radius 2 is 1.84 bits per heavy atom. The van der Waals surface area contributed by atoms with Gasteiger partial charge in [-0.25, -0.2) is 0 Å². The Morgan fingerprint density at radius 1 is 1.16 bits per heavy atom. The minimum absolute atomic E-state index is 0.183. The van der Waals surface area contributed by atoms with E-state index in [0.29, 0.717) is 12.5 Å². The zero-order chi connectivity index (χ0) is 13.9. The zero-order valence-electron chi connectivity index (χ0n) is 10.6. The van der Waals surface area contributed by atoms with Gasteiger partial charge in [-0.15, -0.1) is 0 Å². The summed E-state index contributed by atoms with van der Waals surface area (Å²) in [6.07, 6.45) is -1.77. The molecule has 0 aromatic heterocycles. The second kappa shape index (κ2) is 5.92. The normalized spacial score (nSPS) is 23.8. The van der Waals surface area contributed by atoms with E-state index in [-0.39, 0.29) is 6.10 Å². The molecule has 0 amide bonds. The van der Waals surface area contributed by atoms with Gasteiger partial charge >= 0.3 is 6.18 Å². The molecule has 1 aromatic rings. The lowest BCUT2D eigenvalue weighted by molar-refractivity contribution is -0.137. The first-order valence-electron chi connectivity index (χ1n) is 6.50. The van der Waals surface area contributed by atoms with Crippen LogP contribution < -0.4 is 5.32 Å². The maximum absolute atomic E-state index is 12.4. The molecule has 0 aliphatic heterocycles. The first-order chi connectivity index (χ1) is 8.95. The van der Waals surface area contributed by atoms with Crippen LogP contribution in [0.1, 0.15) is 30.4 Å². The molecular weight excluding hydrogens is 255 g/mol. The number of rotatable bonds is 4. The molecule has 1 fully saturated rings. The zero-order valence-corrected chi connectivity index (χ0v) is 10.6. The van der Waals surface area contributed by atoms with Gasteiger partial charge in [0.1, 0.15) is 0 Å². The fourth-order valence-corrected chi connectivity index (χ4v) is 2.47. The quantitative estimate of drug-likeness (QED) is 0.884. The molecule has 2 N–H and O–H groups in total. The lowest BCUT2D eigenvalue weighted by atomic mass is 10.1. The number of hydrogen-bond acceptors (Lipinski definition) is 2. The van der Waals surface area contributed by atoms with Crippen LogP contribution in [0.3, 0.4) is 0 Å². The van der Waals surface area contributed by atoms with Crippen LogP contribution >= 0.6 is 0 Å². The standard InChI is InChI=1S/C14H18F3NO/c15-14(16,17)12-4-1-10(2-5-12)8-18-9-11-3-6-13(19)7-11/h1-2,4-5,11,13,18-19H,3,6-9H2. The van der Waals surface area contributed by atoms with Crippen molar-refractivity contribution in [2.45, 2.75) is 38.1 Å². The molecule has 1 aliphatic rings. The highest BCUT2D eigenvalue weighted by atomic mass is 19.4. The molecule has 1 aliphatic carbocycles. The van der Waals surface area contributed by atoms with E-state index in [1.54, 1.807) is 0 Å². The van der Waals surface area contributed by atoms with Gasteiger partial charge in [-0.3, -0.25) is 0 Å². The Labute approximate surface area is 110 Å². The highest BCUT2D eigenvalue weighted by Gasteiger charge is 2.29. The van der Waals surface area contributed by atoms with E-state index in [1.165, 1.54) is 12.1 Å². The molecule has 19 heavy (non-hydrogen) atoms. The van der Waals surface area contributed by atoms with E-state index in [2.05, 4.69) is 5.32 Å². The third-order valence-electron chi connectivity index (χ3n) is 3.56. The van der Waals surface area contributed by atoms with Gasteiger partial charge in [0.2, 0.25) is 0 Å². The monoisotopic (exact) mass is 273 g/mol. The Hall–Kier alpha value is -1.07. The van der Waals surface area contributed by atoms with Crippen molar-refractivity contribution in [3.05, 3.63) is 35.4 Å². The van der Waals surface area contributed by atoms with Crippen molar-refractivity contribution in [2.75, 3.05) is 6.54 Å². The van der Waals surface area contributed by atoms with E-state index in [4.69, 9.17) is 0 Å². The fraction of sp³-hybridized carbons (Fsp3) is 0.571. The Morgan fingerprint density at radius 3 is 2.37 bits per heavy atom. The number of nitrogens with one attached hydrogen (secondary N) is 1. The number of benzene rings is 1. The van der Waals surface area contributed by atoms with Gasteiger partial charge < -0.3 is 10.4 Å². The summed E-state index contributed by atoms with van der Waals surface area (Å²) in [5.74, 6) is 0.476. The van der Waals surface area contributed by atoms with Crippen molar-refractivity contribution in [1.29, 1.82) is 0 Å². The van der Waals surface area contributed by atoms with Crippen LogP contribution in [0.5, 0.6) is 0 Å². The van der Waals surface area contributed by atoms with Crippen molar-refractivity contribution in [2.24, 2.45) is 5.92 Å². The van der Waals surface area contributed by atoms with E-state index >= 15 is 0 Å². The second-order valence-electron chi connectivity index (χ2n) is 5.16. The van der Waals surface area contributed by atoms with E-state index in [9.17, 15) is 18.3 Å². The number of hydrogen-bond donors (Lipinski definition) is 2. The molecule has 2 nitrogen and oxygen atoms in total. The molecule has 0 radical (unpaired) electrons. The summed E-state index contributed by atoms with van der Waals surface area (Å²) in [7, 11) is 0. The lowest BCUT2D eigenvalue weighted by Crippen LogP contribution is -2.21. The number of aliphatic hydroxyl groups excluding tert-OH is 1. The molecule has 0 heterocycles. The van der Waals surface area contributed by atoms with E-state index < -0.39 is 11.7 Å². The van der Waals surface area contributed by atoms with Gasteiger partial charge in [-0.2, -0.15) is 13.2 Å². The van der Waals surface area contributed by atoms with Crippen LogP contribution in [0, 0.1) is 5.92 Å². The minimum atomic E-state index is -4.27. The molecule has 106 valence electrons. The molecule has 0 saturated heterocycles. The summed E-state index contributed by atoms with van der Waals surface area (Å²) in [6, 6.07) is 5.21. The Kier molecular flexibility index (Phi) is 4.47. The molecule has 1 aromatic carbocycles. The molecule has 0 spiro atoms. The first-order valence-corrected chi connectivity index (χ1v) is 6.50. The average Bonchev–Trinajstić information content (AvgIpc) is 2.75. The highest BCUT2D eigenvalue weighted by Crippen LogP contribution is 2.29. The van der Waals surface area contributed by atoms with Crippen molar-refractivity contribution >= 4 is 0 Å². The van der Waals surface area contributed by atoms with Crippen LogP contribution in [-0.4, -0.2) is 17.8 Å². The van der Waals surface area contributed by atoms with Crippen molar-refractivity contribution in [3.63, 3.8) is 0 Å². The molecule has 5 heteroatoms. The highest BCUT2D eigenvalue weighted by molar-refractivity contribution is 5.24. The van der Waals surface area contributed by atoms with Crippen LogP contribution in [0.4, 0.5) is 13.2 Å². The Bertz CT molecular complexity index is 402. The molecule has 0 bridgehead atoms. The predicted octanol–water partition coefficient (Wildman–Crippen LogP) is 2.96. The maximum Gasteiger partial charge on any atom is 0.416 e. The summed E-state index contributed by atoms with van der Waals surface area (Å²) < 4.78 is 37.1. The minimum Gasteiger partial charge on any atom is -0.393 e. The van der Waals surface area contributed by atoms with Crippen LogP contribution in [0.15, 0.2) is 24.3 Å². The number of alkyl halides is 3. The van der Waals surface area contributed by atoms with E-state index in [0.717, 1.165) is 43.5 Å². The summed E-state index contributed by atoms with van der Waals surface area (Å²) in [5, 5.41) is 12.6. The lowest BCUT2D eigenvalue weighted by Gasteiger charge is -2.11. The summed E-state index contributed by atoms with van der Waals surface area (Å²) in [4.78, 5) is 0. The van der Waals surface area contributed by atoms with Crippen LogP contribution in [-0.2, 0) is 12.7 Å². The topological polar surface area (TPSA) is 32.3 Å². The van der Waals surface area contributed by atoms with E-state index in [1.807, 2.05) is 0 Å². The summed E-state index contributed by atoms with van der Waals surface area (Å²) >= 11 is 0. The third-order valence-corrected chi connectivity index (χ3v) is 3.56. The molecule has 2 rings (SSSR count). The summed E-state index contributed by atoms with van der Waals surface area (Å²) in [5.41, 5.74) is 0.224. The largest absolute Gasteiger partial charge is 0.416 e. The number of aliphatic hydroxyl groups is 1. The Balaban J connectivity index is 1.77. The van der Waals surface area contributed by atoms with Crippen LogP contribution in [0.25, 0.3) is 0 Å². The van der Waals surface area contributed by atoms with Crippen molar-refractivity contribution < 1.29 is 18.3 Å². The SMILES string of the molecule is OC1CCC(CNCc2ccc(C(F)(F)F)cc2)C1. The maximum atomic E-state index is 12.4. The second-order valence-corrected chi connectivity index (χ2v) is 5.16. The van der Waals surface area contributed by atoms with Gasteiger partial charge in [-0.1, -0.05) is 12.1 Å². The summed E-state index contributed by atoms with van der Waals surface area (Å²) in [6.45, 7) is 1.36. The van der Waals surface area contributed by atoms with Gasteiger partial charge in [0.15, 0.2) is 0 Å². The van der Waals surface area contributed by atoms with Crippen molar-refractivity contribution in [3.8, 4) is 0 Å². The average molecular weight is 273 g/mol. The van der Waals surface area contributed by atoms with Crippen LogP contribution in [0.2, 0.25) is 0 Å². The van der Waals surface area contributed by atoms with Gasteiger partial charge in [0.25, 0.3) is 0 Å². The third kappa shape index (κ3) is 4.21. The fourth-order valence-electron chi connectivity index (χ4n) is 2.47. The molecule has 2 atom stereocenters. The van der Waals surface area contributed by atoms with Gasteiger partial charge in [-0.05, 0) is 49.4 Å². The molecule has 1 saturated carbocycles.